The molecule has 0 aromatic heterocycles. The van der Waals surface area contributed by atoms with Crippen LogP contribution in [-0.2, 0) is 0 Å². The van der Waals surface area contributed by atoms with Crippen LogP contribution in [-0.4, -0.2) is 18.6 Å². The van der Waals surface area contributed by atoms with E-state index < -0.39 is 0 Å². The van der Waals surface area contributed by atoms with Crippen LogP contribution in [0.4, 0.5) is 0 Å². The Morgan fingerprint density at radius 3 is 1.89 bits per heavy atom. The van der Waals surface area contributed by atoms with Crippen LogP contribution in [0.5, 0.6) is 0 Å². The Hall–Kier alpha value is -0.0800. The van der Waals surface area contributed by atoms with Gasteiger partial charge in [0, 0.05) is 12.1 Å². The number of nitrogens with one attached hydrogen (secondary N) is 1. The van der Waals surface area contributed by atoms with Gasteiger partial charge in [0.05, 0.1) is 0 Å². The van der Waals surface area contributed by atoms with Crippen molar-refractivity contribution in [2.75, 3.05) is 13.1 Å². The van der Waals surface area contributed by atoms with E-state index in [0.29, 0.717) is 11.0 Å². The van der Waals surface area contributed by atoms with Crippen LogP contribution < -0.4 is 11.1 Å². The van der Waals surface area contributed by atoms with E-state index in [2.05, 4.69) is 12.2 Å². The number of hydrogen-bond donors (Lipinski definition) is 2. The summed E-state index contributed by atoms with van der Waals surface area (Å²) >= 11 is 0. The third kappa shape index (κ3) is 3.71. The molecule has 2 saturated carbocycles. The Morgan fingerprint density at radius 2 is 1.33 bits per heavy atom. The Balaban J connectivity index is 1.88. The Bertz CT molecular complexity index is 235. The summed E-state index contributed by atoms with van der Waals surface area (Å²) in [6.07, 6.45) is 15.2. The van der Waals surface area contributed by atoms with Crippen LogP contribution in [0.1, 0.15) is 77.6 Å². The van der Waals surface area contributed by atoms with Crippen LogP contribution in [0, 0.1) is 5.41 Å². The molecule has 0 aliphatic heterocycles. The van der Waals surface area contributed by atoms with Gasteiger partial charge in [0.1, 0.15) is 0 Å². The summed E-state index contributed by atoms with van der Waals surface area (Å²) in [6, 6.07) is 0. The molecule has 2 aliphatic carbocycles. The van der Waals surface area contributed by atoms with E-state index in [1.165, 1.54) is 70.6 Å². The predicted molar refractivity (Wildman–Crippen MR) is 78.7 cm³/mol. The zero-order valence-electron chi connectivity index (χ0n) is 12.3. The second-order valence-electron chi connectivity index (χ2n) is 7.09. The summed E-state index contributed by atoms with van der Waals surface area (Å²) in [5.41, 5.74) is 6.92. The first-order chi connectivity index (χ1) is 8.68. The van der Waals surface area contributed by atoms with E-state index >= 15 is 0 Å². The molecule has 3 N–H and O–H groups in total. The number of hydrogen-bond acceptors (Lipinski definition) is 2. The molecule has 0 unspecified atom stereocenters. The summed E-state index contributed by atoms with van der Waals surface area (Å²) < 4.78 is 0. The summed E-state index contributed by atoms with van der Waals surface area (Å²) in [5, 5.41) is 3.91. The summed E-state index contributed by atoms with van der Waals surface area (Å²) in [5.74, 6) is 0. The van der Waals surface area contributed by atoms with Crippen LogP contribution >= 0.6 is 0 Å². The second kappa shape index (κ2) is 6.38. The van der Waals surface area contributed by atoms with Gasteiger partial charge < -0.3 is 11.1 Å². The zero-order valence-corrected chi connectivity index (χ0v) is 12.3. The third-order valence-corrected chi connectivity index (χ3v) is 5.44. The smallest absolute Gasteiger partial charge is 0.0153 e. The zero-order chi connectivity index (χ0) is 12.9. The number of rotatable bonds is 4. The summed E-state index contributed by atoms with van der Waals surface area (Å²) in [6.45, 7) is 4.45. The molecule has 0 bridgehead atoms. The molecule has 0 aromatic carbocycles. The van der Waals surface area contributed by atoms with Gasteiger partial charge in [0.2, 0.25) is 0 Å². The van der Waals surface area contributed by atoms with Crippen molar-refractivity contribution in [1.82, 2.24) is 5.32 Å². The highest BCUT2D eigenvalue weighted by molar-refractivity contribution is 4.91. The molecule has 2 heteroatoms. The van der Waals surface area contributed by atoms with Gasteiger partial charge in [-0.05, 0) is 44.6 Å². The SMILES string of the molecule is CC1(NCC2(CN)CCCCCC2)CCCCC1. The first kappa shape index (κ1) is 14.3. The van der Waals surface area contributed by atoms with Crippen molar-refractivity contribution in [2.24, 2.45) is 11.1 Å². The van der Waals surface area contributed by atoms with Crippen molar-refractivity contribution in [1.29, 1.82) is 0 Å². The molecule has 2 fully saturated rings. The van der Waals surface area contributed by atoms with E-state index in [9.17, 15) is 0 Å². The molecular formula is C16H32N2. The van der Waals surface area contributed by atoms with Crippen molar-refractivity contribution in [3.05, 3.63) is 0 Å². The predicted octanol–water partition coefficient (Wildman–Crippen LogP) is 3.60. The minimum atomic E-state index is 0.396. The molecule has 106 valence electrons. The lowest BCUT2D eigenvalue weighted by molar-refractivity contribution is 0.179. The normalized spacial score (nSPS) is 27.7. The average Bonchev–Trinajstić information content (AvgIpc) is 2.64. The highest BCUT2D eigenvalue weighted by atomic mass is 15.0. The minimum absolute atomic E-state index is 0.396. The molecule has 2 aliphatic rings. The van der Waals surface area contributed by atoms with Crippen molar-refractivity contribution >= 4 is 0 Å². The first-order valence-electron chi connectivity index (χ1n) is 8.13. The largest absolute Gasteiger partial charge is 0.330 e. The maximum Gasteiger partial charge on any atom is 0.0153 e. The van der Waals surface area contributed by atoms with E-state index in [1.54, 1.807) is 0 Å². The maximum absolute atomic E-state index is 6.13. The highest BCUT2D eigenvalue weighted by Gasteiger charge is 2.33. The van der Waals surface area contributed by atoms with Crippen LogP contribution in [0.3, 0.4) is 0 Å². The van der Waals surface area contributed by atoms with Crippen LogP contribution in [0.2, 0.25) is 0 Å². The van der Waals surface area contributed by atoms with Gasteiger partial charge >= 0.3 is 0 Å². The molecular weight excluding hydrogens is 220 g/mol. The molecule has 2 rings (SSSR count). The maximum atomic E-state index is 6.13. The van der Waals surface area contributed by atoms with Gasteiger partial charge in [-0.3, -0.25) is 0 Å². The Morgan fingerprint density at radius 1 is 0.833 bits per heavy atom. The van der Waals surface area contributed by atoms with Gasteiger partial charge in [-0.25, -0.2) is 0 Å². The fraction of sp³-hybridized carbons (Fsp3) is 1.00. The van der Waals surface area contributed by atoms with Crippen molar-refractivity contribution in [2.45, 2.75) is 83.1 Å². The van der Waals surface area contributed by atoms with Crippen molar-refractivity contribution in [3.8, 4) is 0 Å². The molecule has 0 radical (unpaired) electrons. The fourth-order valence-electron chi connectivity index (χ4n) is 3.84. The summed E-state index contributed by atoms with van der Waals surface area (Å²) in [4.78, 5) is 0. The average molecular weight is 252 g/mol. The standard InChI is InChI=1S/C16H32N2/c1-15(9-5-4-6-10-15)18-14-16(13-17)11-7-2-3-8-12-16/h18H,2-14,17H2,1H3. The van der Waals surface area contributed by atoms with Crippen LogP contribution in [0.25, 0.3) is 0 Å². The van der Waals surface area contributed by atoms with E-state index in [4.69, 9.17) is 5.73 Å². The third-order valence-electron chi connectivity index (χ3n) is 5.44. The molecule has 0 heterocycles. The van der Waals surface area contributed by atoms with Gasteiger partial charge in [0.25, 0.3) is 0 Å². The van der Waals surface area contributed by atoms with Gasteiger partial charge in [-0.15, -0.1) is 0 Å². The topological polar surface area (TPSA) is 38.0 Å². The molecule has 2 nitrogen and oxygen atoms in total. The molecule has 0 spiro atoms. The molecule has 0 saturated heterocycles. The monoisotopic (exact) mass is 252 g/mol. The fourth-order valence-corrected chi connectivity index (χ4v) is 3.84. The highest BCUT2D eigenvalue weighted by Crippen LogP contribution is 2.35. The van der Waals surface area contributed by atoms with E-state index in [1.807, 2.05) is 0 Å². The van der Waals surface area contributed by atoms with Crippen molar-refractivity contribution < 1.29 is 0 Å². The lowest BCUT2D eigenvalue weighted by Crippen LogP contribution is -2.50. The minimum Gasteiger partial charge on any atom is -0.330 e. The van der Waals surface area contributed by atoms with E-state index in [-0.39, 0.29) is 0 Å². The quantitative estimate of drug-likeness (QED) is 0.750. The van der Waals surface area contributed by atoms with Crippen LogP contribution in [0.15, 0.2) is 0 Å². The molecule has 0 amide bonds. The summed E-state index contributed by atoms with van der Waals surface area (Å²) in [7, 11) is 0. The van der Waals surface area contributed by atoms with Gasteiger partial charge in [-0.2, -0.15) is 0 Å². The van der Waals surface area contributed by atoms with E-state index in [0.717, 1.165) is 13.1 Å². The molecule has 0 aromatic rings. The lowest BCUT2D eigenvalue weighted by Gasteiger charge is -2.40. The molecule has 0 atom stereocenters. The lowest BCUT2D eigenvalue weighted by atomic mass is 9.77. The van der Waals surface area contributed by atoms with Gasteiger partial charge in [0.15, 0.2) is 0 Å². The number of nitrogens with two attached hydrogens (primary N) is 1. The first-order valence-corrected chi connectivity index (χ1v) is 8.13. The second-order valence-corrected chi connectivity index (χ2v) is 7.09. The Labute approximate surface area is 113 Å². The molecule has 18 heavy (non-hydrogen) atoms. The van der Waals surface area contributed by atoms with Gasteiger partial charge in [-0.1, -0.05) is 44.9 Å². The Kier molecular flexibility index (Phi) is 5.08. The van der Waals surface area contributed by atoms with Crippen molar-refractivity contribution in [3.63, 3.8) is 0 Å².